The molecule has 3 rings (SSSR count). The van der Waals surface area contributed by atoms with Crippen LogP contribution in [0.2, 0.25) is 0 Å². The van der Waals surface area contributed by atoms with Gasteiger partial charge in [-0.25, -0.2) is 0 Å². The van der Waals surface area contributed by atoms with E-state index in [0.29, 0.717) is 5.56 Å². The minimum atomic E-state index is -2.84. The molecule has 1 aromatic heterocycles. The minimum absolute atomic E-state index is 0.182. The van der Waals surface area contributed by atoms with Gasteiger partial charge in [0.2, 0.25) is 0 Å². The van der Waals surface area contributed by atoms with Crippen LogP contribution in [-0.2, 0) is 13.5 Å². The molecule has 20 heavy (non-hydrogen) atoms. The molecule has 0 aliphatic carbocycles. The Morgan fingerprint density at radius 3 is 2.95 bits per heavy atom. The third-order valence-electron chi connectivity index (χ3n) is 3.38. The van der Waals surface area contributed by atoms with Gasteiger partial charge in [0.15, 0.2) is 0 Å². The number of anilines is 1. The number of aromatic nitrogens is 2. The maximum absolute atomic E-state index is 12.6. The van der Waals surface area contributed by atoms with Crippen LogP contribution in [-0.4, -0.2) is 22.9 Å². The van der Waals surface area contributed by atoms with E-state index in [0.717, 1.165) is 36.2 Å². The van der Waals surface area contributed by atoms with Gasteiger partial charge in [0.1, 0.15) is 5.75 Å². The predicted octanol–water partition coefficient (Wildman–Crippen LogP) is 3.05. The normalized spacial score (nSPS) is 14.0. The molecule has 1 aliphatic rings. The number of halogens is 2. The van der Waals surface area contributed by atoms with Gasteiger partial charge >= 0.3 is 6.61 Å². The maximum Gasteiger partial charge on any atom is 0.387 e. The molecule has 6 heteroatoms. The van der Waals surface area contributed by atoms with E-state index < -0.39 is 6.61 Å². The molecule has 106 valence electrons. The molecule has 0 saturated heterocycles. The fraction of sp³-hybridized carbons (Fsp3) is 0.357. The number of nitrogens with zero attached hydrogens (tertiary/aromatic N) is 2. The maximum atomic E-state index is 12.6. The zero-order chi connectivity index (χ0) is 14.1. The number of benzene rings is 1. The van der Waals surface area contributed by atoms with E-state index in [1.807, 2.05) is 6.07 Å². The van der Waals surface area contributed by atoms with Gasteiger partial charge in [-0.05, 0) is 24.5 Å². The molecule has 4 nitrogen and oxygen atoms in total. The first-order valence-electron chi connectivity index (χ1n) is 6.48. The van der Waals surface area contributed by atoms with Crippen molar-refractivity contribution in [1.29, 1.82) is 0 Å². The van der Waals surface area contributed by atoms with Crippen molar-refractivity contribution in [3.63, 3.8) is 0 Å². The van der Waals surface area contributed by atoms with E-state index in [2.05, 4.69) is 15.2 Å². The fourth-order valence-electron chi connectivity index (χ4n) is 2.48. The summed E-state index contributed by atoms with van der Waals surface area (Å²) in [7, 11) is 1.79. The SMILES string of the molecule is Cn1cc(-c2cc3c(cc2OC(F)F)NCCC3)cn1. The van der Waals surface area contributed by atoms with Gasteiger partial charge in [-0.3, -0.25) is 4.68 Å². The molecule has 0 unspecified atom stereocenters. The van der Waals surface area contributed by atoms with Crippen molar-refractivity contribution in [1.82, 2.24) is 9.78 Å². The number of hydrogen-bond donors (Lipinski definition) is 1. The standard InChI is InChI=1S/C14H15F2N3O/c1-19-8-10(7-18-19)11-5-9-3-2-4-17-12(9)6-13(11)20-14(15)16/h5-8,14,17H,2-4H2,1H3. The largest absolute Gasteiger partial charge is 0.434 e. The molecular weight excluding hydrogens is 264 g/mol. The number of hydrogen-bond acceptors (Lipinski definition) is 3. The topological polar surface area (TPSA) is 39.1 Å². The highest BCUT2D eigenvalue weighted by molar-refractivity contribution is 5.75. The number of aryl methyl sites for hydroxylation is 2. The Labute approximate surface area is 115 Å². The lowest BCUT2D eigenvalue weighted by atomic mass is 9.97. The Kier molecular flexibility index (Phi) is 3.30. The van der Waals surface area contributed by atoms with Gasteiger partial charge in [-0.1, -0.05) is 0 Å². The summed E-state index contributed by atoms with van der Waals surface area (Å²) in [4.78, 5) is 0. The summed E-state index contributed by atoms with van der Waals surface area (Å²) < 4.78 is 31.5. The van der Waals surface area contributed by atoms with Crippen LogP contribution in [0.25, 0.3) is 11.1 Å². The second-order valence-corrected chi connectivity index (χ2v) is 4.82. The van der Waals surface area contributed by atoms with Crippen molar-refractivity contribution >= 4 is 5.69 Å². The van der Waals surface area contributed by atoms with Crippen molar-refractivity contribution in [2.75, 3.05) is 11.9 Å². The first kappa shape index (κ1) is 12.9. The molecule has 0 atom stereocenters. The molecule has 0 saturated carbocycles. The van der Waals surface area contributed by atoms with E-state index in [1.54, 1.807) is 30.2 Å². The summed E-state index contributed by atoms with van der Waals surface area (Å²) in [5.74, 6) is 0.182. The Balaban J connectivity index is 2.09. The monoisotopic (exact) mass is 279 g/mol. The Morgan fingerprint density at radius 1 is 1.40 bits per heavy atom. The van der Waals surface area contributed by atoms with E-state index in [1.165, 1.54) is 0 Å². The summed E-state index contributed by atoms with van der Waals surface area (Å²) in [6.45, 7) is -1.99. The van der Waals surface area contributed by atoms with Gasteiger partial charge < -0.3 is 10.1 Å². The van der Waals surface area contributed by atoms with Crippen LogP contribution in [0.15, 0.2) is 24.5 Å². The highest BCUT2D eigenvalue weighted by atomic mass is 19.3. The van der Waals surface area contributed by atoms with Crippen molar-refractivity contribution in [3.8, 4) is 16.9 Å². The van der Waals surface area contributed by atoms with E-state index in [4.69, 9.17) is 0 Å². The summed E-state index contributed by atoms with van der Waals surface area (Å²) in [6, 6.07) is 3.57. The lowest BCUT2D eigenvalue weighted by Gasteiger charge is -2.21. The zero-order valence-corrected chi connectivity index (χ0v) is 11.1. The van der Waals surface area contributed by atoms with E-state index in [9.17, 15) is 8.78 Å². The van der Waals surface area contributed by atoms with Gasteiger partial charge in [-0.2, -0.15) is 13.9 Å². The first-order chi connectivity index (χ1) is 9.63. The van der Waals surface area contributed by atoms with Crippen LogP contribution < -0.4 is 10.1 Å². The Morgan fingerprint density at radius 2 is 2.25 bits per heavy atom. The molecule has 1 aliphatic heterocycles. The lowest BCUT2D eigenvalue weighted by Crippen LogP contribution is -2.13. The second kappa shape index (κ2) is 5.11. The molecule has 0 fully saturated rings. The quantitative estimate of drug-likeness (QED) is 0.938. The minimum Gasteiger partial charge on any atom is -0.434 e. The van der Waals surface area contributed by atoms with E-state index in [-0.39, 0.29) is 5.75 Å². The number of rotatable bonds is 3. The smallest absolute Gasteiger partial charge is 0.387 e. The first-order valence-corrected chi connectivity index (χ1v) is 6.48. The number of nitrogens with one attached hydrogen (secondary N) is 1. The van der Waals surface area contributed by atoms with Crippen molar-refractivity contribution < 1.29 is 13.5 Å². The van der Waals surface area contributed by atoms with Gasteiger partial charge in [-0.15, -0.1) is 0 Å². The predicted molar refractivity (Wildman–Crippen MR) is 72.1 cm³/mol. The van der Waals surface area contributed by atoms with Gasteiger partial charge in [0.25, 0.3) is 0 Å². The number of fused-ring (bicyclic) bond motifs is 1. The molecule has 0 amide bonds. The second-order valence-electron chi connectivity index (χ2n) is 4.82. The lowest BCUT2D eigenvalue weighted by molar-refractivity contribution is -0.0494. The van der Waals surface area contributed by atoms with Crippen LogP contribution in [0.3, 0.4) is 0 Å². The molecule has 2 heterocycles. The number of ether oxygens (including phenoxy) is 1. The van der Waals surface area contributed by atoms with Crippen LogP contribution >= 0.6 is 0 Å². The molecule has 0 spiro atoms. The highest BCUT2D eigenvalue weighted by Gasteiger charge is 2.18. The Bertz CT molecular complexity index is 625. The molecule has 2 aromatic rings. The Hall–Kier alpha value is -2.11. The van der Waals surface area contributed by atoms with Crippen LogP contribution in [0.1, 0.15) is 12.0 Å². The summed E-state index contributed by atoms with van der Waals surface area (Å²) in [6.07, 6.45) is 5.41. The summed E-state index contributed by atoms with van der Waals surface area (Å²) in [5.41, 5.74) is 3.42. The fourth-order valence-corrected chi connectivity index (χ4v) is 2.48. The van der Waals surface area contributed by atoms with Crippen LogP contribution in [0.5, 0.6) is 5.75 Å². The molecule has 1 N–H and O–H groups in total. The molecule has 0 radical (unpaired) electrons. The third-order valence-corrected chi connectivity index (χ3v) is 3.38. The number of alkyl halides is 2. The van der Waals surface area contributed by atoms with Gasteiger partial charge in [0, 0.05) is 42.7 Å². The van der Waals surface area contributed by atoms with Crippen molar-refractivity contribution in [2.45, 2.75) is 19.5 Å². The summed E-state index contributed by atoms with van der Waals surface area (Å²) >= 11 is 0. The van der Waals surface area contributed by atoms with E-state index >= 15 is 0 Å². The molecule has 0 bridgehead atoms. The average molecular weight is 279 g/mol. The van der Waals surface area contributed by atoms with Crippen molar-refractivity contribution in [2.24, 2.45) is 7.05 Å². The summed E-state index contributed by atoms with van der Waals surface area (Å²) in [5, 5.41) is 7.30. The van der Waals surface area contributed by atoms with Gasteiger partial charge in [0.05, 0.1) is 6.20 Å². The van der Waals surface area contributed by atoms with Crippen LogP contribution in [0, 0.1) is 0 Å². The van der Waals surface area contributed by atoms with Crippen LogP contribution in [0.4, 0.5) is 14.5 Å². The zero-order valence-electron chi connectivity index (χ0n) is 11.1. The highest BCUT2D eigenvalue weighted by Crippen LogP contribution is 2.37. The molecule has 1 aromatic carbocycles. The average Bonchev–Trinajstić information content (AvgIpc) is 2.84. The molecular formula is C14H15F2N3O. The van der Waals surface area contributed by atoms with Crippen molar-refractivity contribution in [3.05, 3.63) is 30.1 Å². The third kappa shape index (κ3) is 2.45.